The Kier molecular flexibility index (Phi) is 7.05. The molecule has 2 aliphatic heterocycles. The molecule has 5 nitrogen and oxygen atoms in total. The molecule has 2 fully saturated rings. The Labute approximate surface area is 215 Å². The van der Waals surface area contributed by atoms with Gasteiger partial charge in [-0.25, -0.2) is 0 Å². The van der Waals surface area contributed by atoms with Crippen molar-refractivity contribution in [3.05, 3.63) is 114 Å². The standard InChI is InChI=1S/C30H28O5S/c31-26-28(32-18-20-15-16-21-9-7-8-12-23(21)17-20)27-25(34-30(26)36-24-13-5-2-6-14-24)19-33-29(35-27)22-10-3-1-4-11-22/h1-17,25-31H,18-19H2/t25?,26?,27-,28+,29?,30-/m0/s1. The minimum atomic E-state index is -0.883. The summed E-state index contributed by atoms with van der Waals surface area (Å²) >= 11 is 1.49. The minimum Gasteiger partial charge on any atom is -0.387 e. The molecule has 0 amide bonds. The average molecular weight is 501 g/mol. The van der Waals surface area contributed by atoms with E-state index in [0.29, 0.717) is 13.2 Å². The van der Waals surface area contributed by atoms with Gasteiger partial charge in [0.1, 0.15) is 29.9 Å². The fourth-order valence-corrected chi connectivity index (χ4v) is 5.86. The van der Waals surface area contributed by atoms with Gasteiger partial charge in [-0.1, -0.05) is 96.7 Å². The summed E-state index contributed by atoms with van der Waals surface area (Å²) < 4.78 is 25.1. The van der Waals surface area contributed by atoms with E-state index < -0.39 is 30.0 Å². The van der Waals surface area contributed by atoms with Crippen molar-refractivity contribution in [2.24, 2.45) is 0 Å². The molecule has 6 heteroatoms. The molecule has 0 bridgehead atoms. The highest BCUT2D eigenvalue weighted by Crippen LogP contribution is 2.40. The molecule has 3 unspecified atom stereocenters. The van der Waals surface area contributed by atoms with Crippen LogP contribution in [-0.2, 0) is 25.6 Å². The van der Waals surface area contributed by atoms with Crippen LogP contribution in [0.5, 0.6) is 0 Å². The SMILES string of the molecule is OC1[C@@H](OCc2ccc3ccccc3c2)[C@H]2OC(c3ccccc3)OCC2O[C@H]1Sc1ccccc1. The van der Waals surface area contributed by atoms with E-state index in [1.807, 2.05) is 72.8 Å². The summed E-state index contributed by atoms with van der Waals surface area (Å²) in [5.74, 6) is 0. The zero-order valence-corrected chi connectivity index (χ0v) is 20.5. The molecule has 0 spiro atoms. The van der Waals surface area contributed by atoms with Gasteiger partial charge in [-0.05, 0) is 34.5 Å². The molecule has 0 aromatic heterocycles. The first kappa shape index (κ1) is 23.7. The highest BCUT2D eigenvalue weighted by atomic mass is 32.2. The molecule has 2 saturated heterocycles. The Hall–Kier alpha value is -2.71. The van der Waals surface area contributed by atoms with E-state index in [0.717, 1.165) is 21.4 Å². The minimum absolute atomic E-state index is 0.351. The van der Waals surface area contributed by atoms with Crippen molar-refractivity contribution in [1.29, 1.82) is 0 Å². The highest BCUT2D eigenvalue weighted by molar-refractivity contribution is 7.99. The monoisotopic (exact) mass is 500 g/mol. The number of ether oxygens (including phenoxy) is 4. The van der Waals surface area contributed by atoms with Crippen molar-refractivity contribution in [1.82, 2.24) is 0 Å². The molecule has 2 heterocycles. The lowest BCUT2D eigenvalue weighted by Gasteiger charge is -2.47. The Morgan fingerprint density at radius 3 is 2.33 bits per heavy atom. The second kappa shape index (κ2) is 10.7. The molecule has 0 aliphatic carbocycles. The molecule has 6 atom stereocenters. The molecule has 0 saturated carbocycles. The van der Waals surface area contributed by atoms with Crippen molar-refractivity contribution < 1.29 is 24.1 Å². The Morgan fingerprint density at radius 1 is 0.806 bits per heavy atom. The predicted molar refractivity (Wildman–Crippen MR) is 139 cm³/mol. The van der Waals surface area contributed by atoms with E-state index in [1.165, 1.54) is 17.1 Å². The third-order valence-corrected chi connectivity index (χ3v) is 7.80. The molecular formula is C30H28O5S. The zero-order valence-electron chi connectivity index (χ0n) is 19.7. The number of hydrogen-bond donors (Lipinski definition) is 1. The molecule has 0 radical (unpaired) electrons. The van der Waals surface area contributed by atoms with Gasteiger partial charge < -0.3 is 24.1 Å². The van der Waals surface area contributed by atoms with E-state index in [9.17, 15) is 5.11 Å². The van der Waals surface area contributed by atoms with Crippen LogP contribution >= 0.6 is 11.8 Å². The van der Waals surface area contributed by atoms with Crippen LogP contribution in [0.2, 0.25) is 0 Å². The van der Waals surface area contributed by atoms with E-state index in [4.69, 9.17) is 18.9 Å². The smallest absolute Gasteiger partial charge is 0.184 e. The molecule has 2 aliphatic rings. The average Bonchev–Trinajstić information content (AvgIpc) is 2.94. The van der Waals surface area contributed by atoms with Crippen LogP contribution in [0.3, 0.4) is 0 Å². The Morgan fingerprint density at radius 2 is 1.53 bits per heavy atom. The molecule has 4 aromatic carbocycles. The Bertz CT molecular complexity index is 1280. The first-order valence-electron chi connectivity index (χ1n) is 12.2. The maximum atomic E-state index is 11.4. The lowest BCUT2D eigenvalue weighted by Crippen LogP contribution is -2.61. The van der Waals surface area contributed by atoms with Crippen molar-refractivity contribution in [3.63, 3.8) is 0 Å². The maximum absolute atomic E-state index is 11.4. The van der Waals surface area contributed by atoms with Gasteiger partial charge in [0.25, 0.3) is 0 Å². The van der Waals surface area contributed by atoms with Crippen LogP contribution in [-0.4, -0.2) is 41.6 Å². The summed E-state index contributed by atoms with van der Waals surface area (Å²) in [6.07, 6.45) is -2.81. The van der Waals surface area contributed by atoms with Gasteiger partial charge in [-0.2, -0.15) is 0 Å². The number of rotatable bonds is 6. The van der Waals surface area contributed by atoms with Crippen LogP contribution < -0.4 is 0 Å². The van der Waals surface area contributed by atoms with Gasteiger partial charge in [0.05, 0.1) is 13.2 Å². The molecule has 184 valence electrons. The van der Waals surface area contributed by atoms with Gasteiger partial charge in [-0.3, -0.25) is 0 Å². The summed E-state index contributed by atoms with van der Waals surface area (Å²) in [4.78, 5) is 1.02. The first-order valence-corrected chi connectivity index (χ1v) is 13.1. The quantitative estimate of drug-likeness (QED) is 0.366. The normalized spacial score (nSPS) is 28.0. The number of hydrogen-bond acceptors (Lipinski definition) is 6. The van der Waals surface area contributed by atoms with Crippen LogP contribution in [0.25, 0.3) is 10.8 Å². The van der Waals surface area contributed by atoms with Gasteiger partial charge >= 0.3 is 0 Å². The topological polar surface area (TPSA) is 57.2 Å². The summed E-state index contributed by atoms with van der Waals surface area (Å²) in [6, 6.07) is 34.3. The summed E-state index contributed by atoms with van der Waals surface area (Å²) in [5, 5.41) is 13.8. The number of aliphatic hydroxyl groups is 1. The van der Waals surface area contributed by atoms with Gasteiger partial charge in [-0.15, -0.1) is 0 Å². The lowest BCUT2D eigenvalue weighted by atomic mass is 9.98. The van der Waals surface area contributed by atoms with Crippen LogP contribution in [0.1, 0.15) is 17.4 Å². The number of fused-ring (bicyclic) bond motifs is 2. The second-order valence-electron chi connectivity index (χ2n) is 9.10. The fourth-order valence-electron chi connectivity index (χ4n) is 4.78. The third-order valence-electron chi connectivity index (χ3n) is 6.63. The largest absolute Gasteiger partial charge is 0.387 e. The number of thioether (sulfide) groups is 1. The maximum Gasteiger partial charge on any atom is 0.184 e. The molecule has 4 aromatic rings. The summed E-state index contributed by atoms with van der Waals surface area (Å²) in [6.45, 7) is 0.720. The highest BCUT2D eigenvalue weighted by Gasteiger charge is 2.50. The third kappa shape index (κ3) is 5.06. The van der Waals surface area contributed by atoms with Gasteiger partial charge in [0.2, 0.25) is 0 Å². The van der Waals surface area contributed by atoms with Gasteiger partial charge in [0.15, 0.2) is 6.29 Å². The van der Waals surface area contributed by atoms with Crippen molar-refractivity contribution in [2.45, 2.75) is 47.6 Å². The van der Waals surface area contributed by atoms with Crippen LogP contribution in [0.15, 0.2) is 108 Å². The second-order valence-corrected chi connectivity index (χ2v) is 10.3. The number of benzene rings is 4. The zero-order chi connectivity index (χ0) is 24.3. The van der Waals surface area contributed by atoms with E-state index >= 15 is 0 Å². The van der Waals surface area contributed by atoms with Crippen molar-refractivity contribution in [2.75, 3.05) is 6.61 Å². The molecule has 36 heavy (non-hydrogen) atoms. The number of aliphatic hydroxyl groups excluding tert-OH is 1. The van der Waals surface area contributed by atoms with Crippen molar-refractivity contribution in [3.8, 4) is 0 Å². The van der Waals surface area contributed by atoms with Crippen molar-refractivity contribution >= 4 is 22.5 Å². The molecule has 1 N–H and O–H groups in total. The van der Waals surface area contributed by atoms with Crippen LogP contribution in [0, 0.1) is 0 Å². The van der Waals surface area contributed by atoms with Crippen LogP contribution in [0.4, 0.5) is 0 Å². The van der Waals surface area contributed by atoms with E-state index in [-0.39, 0.29) is 6.10 Å². The van der Waals surface area contributed by atoms with E-state index in [2.05, 4.69) is 30.3 Å². The predicted octanol–water partition coefficient (Wildman–Crippen LogP) is 5.72. The van der Waals surface area contributed by atoms with E-state index in [1.54, 1.807) is 0 Å². The molecular weight excluding hydrogens is 472 g/mol. The first-order chi connectivity index (χ1) is 17.7. The fraction of sp³-hybridized carbons (Fsp3) is 0.267. The molecule has 6 rings (SSSR count). The van der Waals surface area contributed by atoms with Gasteiger partial charge in [0, 0.05) is 10.5 Å². The Balaban J connectivity index is 1.24. The summed E-state index contributed by atoms with van der Waals surface area (Å²) in [7, 11) is 0. The lowest BCUT2D eigenvalue weighted by molar-refractivity contribution is -0.325. The summed E-state index contributed by atoms with van der Waals surface area (Å²) in [5.41, 5.74) is 1.47.